The first-order valence-corrected chi connectivity index (χ1v) is 6.23. The zero-order valence-corrected chi connectivity index (χ0v) is 10.2. The first-order chi connectivity index (χ1) is 8.29. The number of carbonyl (C=O) groups is 1. The van der Waals surface area contributed by atoms with Crippen molar-refractivity contribution in [3.63, 3.8) is 0 Å². The molecule has 0 atom stereocenters. The second-order valence-electron chi connectivity index (χ2n) is 3.90. The molecule has 1 aromatic rings. The largest absolute Gasteiger partial charge is 0.407 e. The molecule has 1 N–H and O–H groups in total. The van der Waals surface area contributed by atoms with Gasteiger partial charge in [0.2, 0.25) is 11.8 Å². The molecule has 1 aliphatic rings. The molecule has 1 saturated heterocycles. The predicted molar refractivity (Wildman–Crippen MR) is 62.8 cm³/mol. The highest BCUT2D eigenvalue weighted by Crippen LogP contribution is 2.10. The van der Waals surface area contributed by atoms with Gasteiger partial charge in [-0.05, 0) is 12.8 Å². The van der Waals surface area contributed by atoms with Crippen LogP contribution in [-0.2, 0) is 10.7 Å². The van der Waals surface area contributed by atoms with Gasteiger partial charge < -0.3 is 14.6 Å². The zero-order chi connectivity index (χ0) is 12.1. The first-order valence-electron chi connectivity index (χ1n) is 5.69. The van der Waals surface area contributed by atoms with Crippen LogP contribution in [0.25, 0.3) is 0 Å². The monoisotopic (exact) mass is 258 g/mol. The molecule has 17 heavy (non-hydrogen) atoms. The summed E-state index contributed by atoms with van der Waals surface area (Å²) >= 11 is 5.53. The highest BCUT2D eigenvalue weighted by atomic mass is 35.5. The van der Waals surface area contributed by atoms with Crippen LogP contribution in [0.4, 0.5) is 6.01 Å². The van der Waals surface area contributed by atoms with E-state index in [0.717, 1.165) is 25.9 Å². The van der Waals surface area contributed by atoms with E-state index in [1.807, 2.05) is 4.90 Å². The van der Waals surface area contributed by atoms with Crippen molar-refractivity contribution < 1.29 is 9.21 Å². The minimum atomic E-state index is 0.173. The first kappa shape index (κ1) is 12.2. The molecule has 0 aliphatic carbocycles. The summed E-state index contributed by atoms with van der Waals surface area (Å²) in [5, 5.41) is 10.4. The Labute approximate surface area is 104 Å². The maximum absolute atomic E-state index is 11.7. The van der Waals surface area contributed by atoms with Crippen molar-refractivity contribution in [3.8, 4) is 0 Å². The highest BCUT2D eigenvalue weighted by molar-refractivity contribution is 6.16. The molecule has 0 saturated carbocycles. The van der Waals surface area contributed by atoms with Crippen molar-refractivity contribution in [1.29, 1.82) is 0 Å². The van der Waals surface area contributed by atoms with Gasteiger partial charge in [-0.1, -0.05) is 5.10 Å². The minimum absolute atomic E-state index is 0.173. The van der Waals surface area contributed by atoms with E-state index >= 15 is 0 Å². The molecule has 0 unspecified atom stereocenters. The molecule has 1 aromatic heterocycles. The third-order valence-corrected chi connectivity index (χ3v) is 2.88. The number of anilines is 1. The molecule has 0 aromatic carbocycles. The van der Waals surface area contributed by atoms with Gasteiger partial charge in [0.25, 0.3) is 0 Å². The number of likely N-dealkylation sites (tertiary alicyclic amines) is 1. The molecule has 1 fully saturated rings. The fourth-order valence-corrected chi connectivity index (χ4v) is 1.89. The number of carbonyl (C=O) groups excluding carboxylic acids is 1. The minimum Gasteiger partial charge on any atom is -0.407 e. The summed E-state index contributed by atoms with van der Waals surface area (Å²) in [5.74, 6) is 0.744. The summed E-state index contributed by atoms with van der Waals surface area (Å²) in [6, 6.07) is 0.315. The molecule has 0 spiro atoms. The Balaban J connectivity index is 1.69. The molecular formula is C10H15ClN4O2. The lowest BCUT2D eigenvalue weighted by atomic mass is 10.3. The van der Waals surface area contributed by atoms with E-state index in [-0.39, 0.29) is 11.8 Å². The Morgan fingerprint density at radius 3 is 2.82 bits per heavy atom. The van der Waals surface area contributed by atoms with E-state index in [1.54, 1.807) is 0 Å². The second-order valence-corrected chi connectivity index (χ2v) is 4.17. The molecule has 0 radical (unpaired) electrons. The number of halogens is 1. The maximum Gasteiger partial charge on any atom is 0.315 e. The predicted octanol–water partition coefficient (Wildman–Crippen LogP) is 1.23. The fourth-order valence-electron chi connectivity index (χ4n) is 1.78. The van der Waals surface area contributed by atoms with Gasteiger partial charge in [0.15, 0.2) is 0 Å². The van der Waals surface area contributed by atoms with E-state index < -0.39 is 0 Å². The number of hydrogen-bond donors (Lipinski definition) is 1. The molecule has 2 heterocycles. The molecular weight excluding hydrogens is 244 g/mol. The van der Waals surface area contributed by atoms with Gasteiger partial charge in [0.05, 0.1) is 0 Å². The number of amides is 1. The van der Waals surface area contributed by atoms with E-state index in [4.69, 9.17) is 16.0 Å². The van der Waals surface area contributed by atoms with Crippen LogP contribution in [0.2, 0.25) is 0 Å². The number of rotatable bonds is 5. The van der Waals surface area contributed by atoms with Crippen LogP contribution >= 0.6 is 11.6 Å². The lowest BCUT2D eigenvalue weighted by Crippen LogP contribution is -2.29. The van der Waals surface area contributed by atoms with Crippen molar-refractivity contribution in [2.45, 2.75) is 25.1 Å². The van der Waals surface area contributed by atoms with E-state index in [0.29, 0.717) is 24.9 Å². The van der Waals surface area contributed by atoms with Crippen molar-refractivity contribution in [3.05, 3.63) is 5.89 Å². The highest BCUT2D eigenvalue weighted by Gasteiger charge is 2.17. The summed E-state index contributed by atoms with van der Waals surface area (Å²) in [5.41, 5.74) is 0. The normalized spacial score (nSPS) is 15.2. The summed E-state index contributed by atoms with van der Waals surface area (Å²) in [6.07, 6.45) is 2.67. The van der Waals surface area contributed by atoms with Crippen LogP contribution in [0.3, 0.4) is 0 Å². The molecule has 2 rings (SSSR count). The van der Waals surface area contributed by atoms with Crippen LogP contribution in [-0.4, -0.2) is 40.6 Å². The molecule has 1 aliphatic heterocycles. The Morgan fingerprint density at radius 1 is 1.41 bits per heavy atom. The standard InChI is InChI=1S/C10H15ClN4O2/c11-7-8-13-14-10(17-8)12-4-3-9(16)15-5-1-2-6-15/h1-7H2,(H,12,14). The van der Waals surface area contributed by atoms with Gasteiger partial charge in [-0.15, -0.1) is 16.7 Å². The zero-order valence-electron chi connectivity index (χ0n) is 9.49. The van der Waals surface area contributed by atoms with Gasteiger partial charge >= 0.3 is 6.01 Å². The molecule has 94 valence electrons. The van der Waals surface area contributed by atoms with E-state index in [1.165, 1.54) is 0 Å². The molecule has 1 amide bonds. The molecule has 7 heteroatoms. The average molecular weight is 259 g/mol. The SMILES string of the molecule is O=C(CCNc1nnc(CCl)o1)N1CCCC1. The average Bonchev–Trinajstić information content (AvgIpc) is 3.00. The van der Waals surface area contributed by atoms with Crippen molar-refractivity contribution in [1.82, 2.24) is 15.1 Å². The van der Waals surface area contributed by atoms with Gasteiger partial charge in [-0.25, -0.2) is 0 Å². The number of nitrogens with one attached hydrogen (secondary N) is 1. The summed E-state index contributed by atoms with van der Waals surface area (Å²) in [7, 11) is 0. The van der Waals surface area contributed by atoms with Crippen molar-refractivity contribution in [2.75, 3.05) is 25.0 Å². The van der Waals surface area contributed by atoms with Gasteiger partial charge in [0, 0.05) is 26.1 Å². The summed E-state index contributed by atoms with van der Waals surface area (Å²) < 4.78 is 5.15. The van der Waals surface area contributed by atoms with E-state index in [9.17, 15) is 4.79 Å². The lowest BCUT2D eigenvalue weighted by Gasteiger charge is -2.14. The second kappa shape index (κ2) is 5.86. The quantitative estimate of drug-likeness (QED) is 0.805. The Morgan fingerprint density at radius 2 is 2.18 bits per heavy atom. The number of aromatic nitrogens is 2. The smallest absolute Gasteiger partial charge is 0.315 e. The number of hydrogen-bond acceptors (Lipinski definition) is 5. The summed E-state index contributed by atoms with van der Waals surface area (Å²) in [4.78, 5) is 13.6. The van der Waals surface area contributed by atoms with Crippen LogP contribution in [0, 0.1) is 0 Å². The lowest BCUT2D eigenvalue weighted by molar-refractivity contribution is -0.129. The van der Waals surface area contributed by atoms with Crippen LogP contribution < -0.4 is 5.32 Å². The maximum atomic E-state index is 11.7. The third-order valence-electron chi connectivity index (χ3n) is 2.66. The number of alkyl halides is 1. The van der Waals surface area contributed by atoms with Crippen LogP contribution in [0.5, 0.6) is 0 Å². The van der Waals surface area contributed by atoms with Crippen molar-refractivity contribution in [2.24, 2.45) is 0 Å². The van der Waals surface area contributed by atoms with Gasteiger partial charge in [-0.3, -0.25) is 4.79 Å². The number of nitrogens with zero attached hydrogens (tertiary/aromatic N) is 3. The fraction of sp³-hybridized carbons (Fsp3) is 0.700. The van der Waals surface area contributed by atoms with Crippen LogP contribution in [0.15, 0.2) is 4.42 Å². The molecule has 6 nitrogen and oxygen atoms in total. The Bertz CT molecular complexity index is 376. The van der Waals surface area contributed by atoms with Crippen LogP contribution in [0.1, 0.15) is 25.2 Å². The topological polar surface area (TPSA) is 71.3 Å². The van der Waals surface area contributed by atoms with Crippen molar-refractivity contribution >= 4 is 23.5 Å². The third kappa shape index (κ3) is 3.33. The van der Waals surface area contributed by atoms with Gasteiger partial charge in [0.1, 0.15) is 5.88 Å². The Hall–Kier alpha value is -1.30. The summed E-state index contributed by atoms with van der Waals surface area (Å²) in [6.45, 7) is 2.27. The molecule has 0 bridgehead atoms. The Kier molecular flexibility index (Phi) is 4.19. The van der Waals surface area contributed by atoms with E-state index in [2.05, 4.69) is 15.5 Å². The van der Waals surface area contributed by atoms with Gasteiger partial charge in [-0.2, -0.15) is 0 Å².